The number of fused-ring (bicyclic) bond motifs is 1. The normalized spacial score (nSPS) is 12.2. The van der Waals surface area contributed by atoms with E-state index >= 15 is 0 Å². The summed E-state index contributed by atoms with van der Waals surface area (Å²) in [6.45, 7) is 8.55. The average Bonchev–Trinajstić information content (AvgIpc) is 2.54. The van der Waals surface area contributed by atoms with Crippen molar-refractivity contribution >= 4 is 11.0 Å². The average molecular weight is 218 g/mol. The second-order valence-electron chi connectivity index (χ2n) is 5.06. The van der Waals surface area contributed by atoms with Crippen molar-refractivity contribution in [2.24, 2.45) is 0 Å². The summed E-state index contributed by atoms with van der Waals surface area (Å²) in [5, 5.41) is 9.56. The van der Waals surface area contributed by atoms with Crippen molar-refractivity contribution in [3.63, 3.8) is 0 Å². The van der Waals surface area contributed by atoms with Crippen LogP contribution in [0.5, 0.6) is 5.75 Å². The first-order valence-corrected chi connectivity index (χ1v) is 5.64. The molecule has 0 aliphatic rings. The van der Waals surface area contributed by atoms with Crippen LogP contribution in [0, 0.1) is 0 Å². The van der Waals surface area contributed by atoms with Gasteiger partial charge in [0.25, 0.3) is 0 Å². The second kappa shape index (κ2) is 3.51. The molecular formula is C13H18N2O. The van der Waals surface area contributed by atoms with Gasteiger partial charge in [-0.25, -0.2) is 4.98 Å². The third kappa shape index (κ3) is 1.66. The molecule has 86 valence electrons. The van der Waals surface area contributed by atoms with E-state index in [0.717, 1.165) is 23.3 Å². The Morgan fingerprint density at radius 2 is 2.00 bits per heavy atom. The van der Waals surface area contributed by atoms with Crippen molar-refractivity contribution in [3.05, 3.63) is 24.0 Å². The largest absolute Gasteiger partial charge is 0.508 e. The summed E-state index contributed by atoms with van der Waals surface area (Å²) in [6, 6.07) is 5.33. The number of rotatable bonds is 1. The molecule has 16 heavy (non-hydrogen) atoms. The molecule has 0 bridgehead atoms. The molecule has 0 amide bonds. The zero-order valence-corrected chi connectivity index (χ0v) is 10.3. The standard InChI is InChI=1S/C13H18N2O/c1-5-12-14-10-7-6-9(16)8-11(10)15(12)13(2,3)4/h6-8,16H,5H2,1-4H3. The molecule has 0 unspecified atom stereocenters. The fourth-order valence-corrected chi connectivity index (χ4v) is 2.10. The quantitative estimate of drug-likeness (QED) is 0.798. The van der Waals surface area contributed by atoms with Gasteiger partial charge in [0, 0.05) is 18.0 Å². The first-order valence-electron chi connectivity index (χ1n) is 5.64. The molecule has 0 saturated heterocycles. The zero-order valence-electron chi connectivity index (χ0n) is 10.3. The molecule has 0 atom stereocenters. The minimum Gasteiger partial charge on any atom is -0.508 e. The highest BCUT2D eigenvalue weighted by Crippen LogP contribution is 2.27. The number of hydrogen-bond donors (Lipinski definition) is 1. The van der Waals surface area contributed by atoms with Gasteiger partial charge in [-0.2, -0.15) is 0 Å². The number of phenols is 1. The Bertz CT molecular complexity index is 520. The van der Waals surface area contributed by atoms with Gasteiger partial charge in [-0.15, -0.1) is 0 Å². The molecule has 3 heteroatoms. The molecule has 0 aliphatic heterocycles. The molecule has 2 aromatic rings. The summed E-state index contributed by atoms with van der Waals surface area (Å²) < 4.78 is 2.20. The van der Waals surface area contributed by atoms with Gasteiger partial charge in [-0.1, -0.05) is 6.92 Å². The Hall–Kier alpha value is -1.51. The summed E-state index contributed by atoms with van der Waals surface area (Å²) in [5.41, 5.74) is 1.93. The second-order valence-corrected chi connectivity index (χ2v) is 5.06. The first-order chi connectivity index (χ1) is 7.43. The lowest BCUT2D eigenvalue weighted by atomic mass is 10.1. The number of nitrogens with zero attached hydrogens (tertiary/aromatic N) is 2. The van der Waals surface area contributed by atoms with Crippen LogP contribution in [0.25, 0.3) is 11.0 Å². The molecule has 1 N–H and O–H groups in total. The molecule has 0 saturated carbocycles. The molecule has 0 fully saturated rings. The van der Waals surface area contributed by atoms with Gasteiger partial charge in [0.2, 0.25) is 0 Å². The molecule has 1 aromatic heterocycles. The van der Waals surface area contributed by atoms with Gasteiger partial charge >= 0.3 is 0 Å². The van der Waals surface area contributed by atoms with E-state index in [1.807, 2.05) is 6.07 Å². The molecule has 1 aromatic carbocycles. The van der Waals surface area contributed by atoms with Crippen LogP contribution >= 0.6 is 0 Å². The Kier molecular flexibility index (Phi) is 2.41. The number of benzene rings is 1. The molecule has 2 rings (SSSR count). The van der Waals surface area contributed by atoms with Crippen molar-refractivity contribution in [1.29, 1.82) is 0 Å². The maximum atomic E-state index is 9.56. The van der Waals surface area contributed by atoms with E-state index in [1.54, 1.807) is 12.1 Å². The topological polar surface area (TPSA) is 38.1 Å². The predicted molar refractivity (Wildman–Crippen MR) is 65.8 cm³/mol. The van der Waals surface area contributed by atoms with E-state index in [2.05, 4.69) is 37.2 Å². The molecule has 0 aliphatic carbocycles. The van der Waals surface area contributed by atoms with Gasteiger partial charge in [0.1, 0.15) is 11.6 Å². The smallest absolute Gasteiger partial charge is 0.117 e. The first kappa shape index (κ1) is 11.0. The van der Waals surface area contributed by atoms with Crippen LogP contribution in [0.4, 0.5) is 0 Å². The van der Waals surface area contributed by atoms with Crippen LogP contribution in [0.3, 0.4) is 0 Å². The Morgan fingerprint density at radius 1 is 1.31 bits per heavy atom. The van der Waals surface area contributed by atoms with Crippen molar-refractivity contribution in [1.82, 2.24) is 9.55 Å². The van der Waals surface area contributed by atoms with E-state index in [1.165, 1.54) is 0 Å². The highest BCUT2D eigenvalue weighted by Gasteiger charge is 2.20. The van der Waals surface area contributed by atoms with Gasteiger partial charge in [0.15, 0.2) is 0 Å². The van der Waals surface area contributed by atoms with Gasteiger partial charge in [0.05, 0.1) is 11.0 Å². The van der Waals surface area contributed by atoms with E-state index < -0.39 is 0 Å². The highest BCUT2D eigenvalue weighted by atomic mass is 16.3. The summed E-state index contributed by atoms with van der Waals surface area (Å²) in [4.78, 5) is 4.59. The van der Waals surface area contributed by atoms with Crippen LogP contribution in [0.1, 0.15) is 33.5 Å². The third-order valence-electron chi connectivity index (χ3n) is 2.69. The fourth-order valence-electron chi connectivity index (χ4n) is 2.10. The van der Waals surface area contributed by atoms with Crippen LogP contribution in [-0.4, -0.2) is 14.7 Å². The minimum absolute atomic E-state index is 0.0200. The maximum absolute atomic E-state index is 9.56. The predicted octanol–water partition coefficient (Wildman–Crippen LogP) is 3.06. The molecule has 3 nitrogen and oxygen atoms in total. The number of aromatic nitrogens is 2. The van der Waals surface area contributed by atoms with Crippen molar-refractivity contribution in [2.75, 3.05) is 0 Å². The van der Waals surface area contributed by atoms with Crippen molar-refractivity contribution in [2.45, 2.75) is 39.7 Å². The maximum Gasteiger partial charge on any atom is 0.117 e. The summed E-state index contributed by atoms with van der Waals surface area (Å²) in [6.07, 6.45) is 0.896. The summed E-state index contributed by atoms with van der Waals surface area (Å²) in [7, 11) is 0. The Balaban J connectivity index is 2.81. The van der Waals surface area contributed by atoms with Gasteiger partial charge in [-0.3, -0.25) is 0 Å². The number of aryl methyl sites for hydroxylation is 1. The number of imidazole rings is 1. The monoisotopic (exact) mass is 218 g/mol. The SMILES string of the molecule is CCc1nc2ccc(O)cc2n1C(C)(C)C. The van der Waals surface area contributed by atoms with Gasteiger partial charge in [-0.05, 0) is 32.9 Å². The summed E-state index contributed by atoms with van der Waals surface area (Å²) >= 11 is 0. The van der Waals surface area contributed by atoms with E-state index in [0.29, 0.717) is 5.75 Å². The van der Waals surface area contributed by atoms with Crippen LogP contribution in [0.15, 0.2) is 18.2 Å². The Labute approximate surface area is 95.7 Å². The summed E-state index contributed by atoms with van der Waals surface area (Å²) in [5.74, 6) is 1.36. The molecular weight excluding hydrogens is 200 g/mol. The lowest BCUT2D eigenvalue weighted by molar-refractivity contribution is 0.394. The van der Waals surface area contributed by atoms with E-state index in [-0.39, 0.29) is 5.54 Å². The number of phenolic OH excluding ortho intramolecular Hbond substituents is 1. The lowest BCUT2D eigenvalue weighted by Gasteiger charge is -2.24. The molecule has 1 heterocycles. The van der Waals surface area contributed by atoms with Crippen LogP contribution in [0.2, 0.25) is 0 Å². The number of aromatic hydroxyl groups is 1. The highest BCUT2D eigenvalue weighted by molar-refractivity contribution is 5.78. The van der Waals surface area contributed by atoms with Crippen molar-refractivity contribution < 1.29 is 5.11 Å². The van der Waals surface area contributed by atoms with Crippen LogP contribution < -0.4 is 0 Å². The minimum atomic E-state index is -0.0200. The fraction of sp³-hybridized carbons (Fsp3) is 0.462. The third-order valence-corrected chi connectivity index (χ3v) is 2.69. The molecule has 0 radical (unpaired) electrons. The van der Waals surface area contributed by atoms with Crippen molar-refractivity contribution in [3.8, 4) is 5.75 Å². The Morgan fingerprint density at radius 3 is 2.56 bits per heavy atom. The molecule has 0 spiro atoms. The van der Waals surface area contributed by atoms with Gasteiger partial charge < -0.3 is 9.67 Å². The lowest BCUT2D eigenvalue weighted by Crippen LogP contribution is -2.23. The van der Waals surface area contributed by atoms with E-state index in [9.17, 15) is 5.11 Å². The van der Waals surface area contributed by atoms with Crippen LogP contribution in [-0.2, 0) is 12.0 Å². The number of hydrogen-bond acceptors (Lipinski definition) is 2. The zero-order chi connectivity index (χ0) is 11.9. The van der Waals surface area contributed by atoms with E-state index in [4.69, 9.17) is 0 Å².